The summed E-state index contributed by atoms with van der Waals surface area (Å²) < 4.78 is 15.7. The molecule has 0 aliphatic heterocycles. The number of furan rings is 2. The van der Waals surface area contributed by atoms with Gasteiger partial charge < -0.3 is 13.4 Å². The van der Waals surface area contributed by atoms with E-state index < -0.39 is 0 Å². The van der Waals surface area contributed by atoms with E-state index in [1.54, 1.807) is 0 Å². The van der Waals surface area contributed by atoms with Crippen molar-refractivity contribution in [1.82, 2.24) is 19.5 Å². The van der Waals surface area contributed by atoms with Crippen LogP contribution in [0, 0.1) is 0 Å². The van der Waals surface area contributed by atoms with Gasteiger partial charge in [0.05, 0.1) is 11.0 Å². The van der Waals surface area contributed by atoms with Crippen molar-refractivity contribution >= 4 is 65.7 Å². The van der Waals surface area contributed by atoms with Crippen molar-refractivity contribution in [1.29, 1.82) is 0 Å². The summed E-state index contributed by atoms with van der Waals surface area (Å²) in [5.74, 6) is 1.79. The van der Waals surface area contributed by atoms with Gasteiger partial charge in [0.15, 0.2) is 17.5 Å². The topological polar surface area (TPSA) is 69.9 Å². The zero-order valence-corrected chi connectivity index (χ0v) is 37.0. The van der Waals surface area contributed by atoms with Crippen LogP contribution < -0.4 is 0 Å². The van der Waals surface area contributed by atoms with Crippen LogP contribution in [0.15, 0.2) is 239 Å². The van der Waals surface area contributed by atoms with Crippen molar-refractivity contribution in [2.24, 2.45) is 0 Å². The molecule has 0 aliphatic carbocycles. The lowest BCUT2D eigenvalue weighted by molar-refractivity contribution is 0.668. The van der Waals surface area contributed by atoms with Crippen molar-refractivity contribution in [2.75, 3.05) is 0 Å². The van der Waals surface area contributed by atoms with Gasteiger partial charge in [-0.2, -0.15) is 0 Å². The van der Waals surface area contributed by atoms with Crippen molar-refractivity contribution in [2.45, 2.75) is 0 Å². The number of aromatic nitrogens is 4. The Hall–Kier alpha value is -9.39. The van der Waals surface area contributed by atoms with Gasteiger partial charge in [0, 0.05) is 54.7 Å². The first-order chi connectivity index (χ1) is 34.2. The summed E-state index contributed by atoms with van der Waals surface area (Å²) in [5, 5.41) is 6.61. The van der Waals surface area contributed by atoms with Gasteiger partial charge in [-0.05, 0) is 100 Å². The highest BCUT2D eigenvalue weighted by Gasteiger charge is 2.20. The smallest absolute Gasteiger partial charge is 0.164 e. The average Bonchev–Trinajstić information content (AvgIpc) is 4.10. The molecule has 0 atom stereocenters. The van der Waals surface area contributed by atoms with Crippen LogP contribution in [0.1, 0.15) is 0 Å². The Balaban J connectivity index is 0.856. The molecule has 0 fully saturated rings. The quantitative estimate of drug-likeness (QED) is 0.159. The number of fused-ring (bicyclic) bond motifs is 9. The van der Waals surface area contributed by atoms with Gasteiger partial charge in [0.25, 0.3) is 0 Å². The lowest BCUT2D eigenvalue weighted by Gasteiger charge is -2.09. The molecule has 0 radical (unpaired) electrons. The van der Waals surface area contributed by atoms with E-state index >= 15 is 0 Å². The van der Waals surface area contributed by atoms with Gasteiger partial charge in [-0.25, -0.2) is 15.0 Å². The van der Waals surface area contributed by atoms with E-state index in [2.05, 4.69) is 193 Å². The van der Waals surface area contributed by atoms with Gasteiger partial charge in [0.1, 0.15) is 22.3 Å². The minimum absolute atomic E-state index is 0.574. The van der Waals surface area contributed by atoms with Crippen molar-refractivity contribution < 1.29 is 8.83 Å². The average molecular weight is 883 g/mol. The molecule has 0 N–H and O–H groups in total. The Morgan fingerprint density at radius 3 is 1.52 bits per heavy atom. The highest BCUT2D eigenvalue weighted by atomic mass is 16.3. The zero-order valence-electron chi connectivity index (χ0n) is 37.0. The number of para-hydroxylation sites is 1. The molecule has 0 spiro atoms. The van der Waals surface area contributed by atoms with Gasteiger partial charge >= 0.3 is 0 Å². The third-order valence-electron chi connectivity index (χ3n) is 13.5. The van der Waals surface area contributed by atoms with Crippen LogP contribution in [0.3, 0.4) is 0 Å². The van der Waals surface area contributed by atoms with Crippen LogP contribution >= 0.6 is 0 Å². The Morgan fingerprint density at radius 2 is 0.797 bits per heavy atom. The van der Waals surface area contributed by atoms with Gasteiger partial charge in [-0.15, -0.1) is 0 Å². The third-order valence-corrected chi connectivity index (χ3v) is 13.5. The molecule has 10 aromatic carbocycles. The SMILES string of the molecule is c1ccc(-c2ccc(-c3nc(-c4ccccc4)nc(-c4ccc5c(c4)oc4cc(-c6cccc7oc8ccc(-n9c%10ccccc%10c%10cc(-c%11ccccc%11)ccc%109)cc8c67)ccc45)n3)cc2)cc1. The summed E-state index contributed by atoms with van der Waals surface area (Å²) in [6, 6.07) is 80.5. The molecule has 0 amide bonds. The molecule has 6 heteroatoms. The van der Waals surface area contributed by atoms with Crippen LogP contribution in [-0.2, 0) is 0 Å². The van der Waals surface area contributed by atoms with Crippen LogP contribution in [0.25, 0.3) is 139 Å². The molecule has 14 aromatic rings. The van der Waals surface area contributed by atoms with E-state index in [4.69, 9.17) is 23.8 Å². The number of hydrogen-bond acceptors (Lipinski definition) is 5. The molecule has 0 saturated heterocycles. The summed E-state index contributed by atoms with van der Waals surface area (Å²) in [5.41, 5.74) is 16.1. The summed E-state index contributed by atoms with van der Waals surface area (Å²) in [6.07, 6.45) is 0. The molecular weight excluding hydrogens is 845 g/mol. The summed E-state index contributed by atoms with van der Waals surface area (Å²) in [4.78, 5) is 15.1. The normalized spacial score (nSPS) is 11.8. The predicted octanol–water partition coefficient (Wildman–Crippen LogP) is 16.8. The summed E-state index contributed by atoms with van der Waals surface area (Å²) in [6.45, 7) is 0. The van der Waals surface area contributed by atoms with E-state index in [-0.39, 0.29) is 0 Å². The number of hydrogen-bond donors (Lipinski definition) is 0. The van der Waals surface area contributed by atoms with Crippen LogP contribution in [0.2, 0.25) is 0 Å². The Morgan fingerprint density at radius 1 is 0.275 bits per heavy atom. The lowest BCUT2D eigenvalue weighted by atomic mass is 9.98. The molecule has 0 saturated carbocycles. The Bertz CT molecular complexity index is 4290. The summed E-state index contributed by atoms with van der Waals surface area (Å²) in [7, 11) is 0. The molecule has 69 heavy (non-hydrogen) atoms. The Labute approximate surface area is 396 Å². The van der Waals surface area contributed by atoms with Gasteiger partial charge in [-0.3, -0.25) is 0 Å². The van der Waals surface area contributed by atoms with Crippen LogP contribution in [0.4, 0.5) is 0 Å². The van der Waals surface area contributed by atoms with Crippen molar-refractivity contribution in [3.8, 4) is 73.2 Å². The first kappa shape index (κ1) is 38.8. The maximum atomic E-state index is 6.73. The van der Waals surface area contributed by atoms with Gasteiger partial charge in [-0.1, -0.05) is 164 Å². The fourth-order valence-corrected chi connectivity index (χ4v) is 10.1. The maximum Gasteiger partial charge on any atom is 0.164 e. The van der Waals surface area contributed by atoms with Gasteiger partial charge in [0.2, 0.25) is 0 Å². The maximum absolute atomic E-state index is 6.73. The fourth-order valence-electron chi connectivity index (χ4n) is 10.1. The highest BCUT2D eigenvalue weighted by Crippen LogP contribution is 2.42. The molecule has 0 bridgehead atoms. The second-order valence-electron chi connectivity index (χ2n) is 17.6. The first-order valence-corrected chi connectivity index (χ1v) is 23.2. The number of rotatable bonds is 7. The third kappa shape index (κ3) is 6.53. The van der Waals surface area contributed by atoms with E-state index in [0.717, 1.165) is 99.5 Å². The minimum Gasteiger partial charge on any atom is -0.456 e. The molecular formula is C63H38N4O2. The van der Waals surface area contributed by atoms with Crippen LogP contribution in [0.5, 0.6) is 0 Å². The predicted molar refractivity (Wildman–Crippen MR) is 281 cm³/mol. The first-order valence-electron chi connectivity index (χ1n) is 23.2. The van der Waals surface area contributed by atoms with Crippen molar-refractivity contribution in [3.63, 3.8) is 0 Å². The monoisotopic (exact) mass is 882 g/mol. The van der Waals surface area contributed by atoms with Crippen LogP contribution in [-0.4, -0.2) is 19.5 Å². The van der Waals surface area contributed by atoms with E-state index in [9.17, 15) is 0 Å². The van der Waals surface area contributed by atoms with Crippen molar-refractivity contribution in [3.05, 3.63) is 231 Å². The number of nitrogens with zero attached hydrogens (tertiary/aromatic N) is 4. The zero-order chi connectivity index (χ0) is 45.4. The highest BCUT2D eigenvalue weighted by molar-refractivity contribution is 6.15. The standard InChI is InChI=1S/C63H38N4O2/c1-4-13-39(14-5-1)41-23-25-43(26-24-41)62-64-61(42-17-8-3-9-18-42)65-63(66-62)46-28-32-51-50-31-27-45(36-58(50)69-59(51)37-46)48-20-12-22-57-60(48)53-38-47(30-34-56(53)68-57)67-54-21-11-10-19-49(54)52-35-44(29-33-55(52)67)40-15-6-2-7-16-40/h1-38H. The second kappa shape index (κ2) is 15.6. The Kier molecular flexibility index (Phi) is 8.79. The number of benzene rings is 10. The lowest BCUT2D eigenvalue weighted by Crippen LogP contribution is -2.00. The largest absolute Gasteiger partial charge is 0.456 e. The van der Waals surface area contributed by atoms with E-state index in [0.29, 0.717) is 17.5 Å². The molecule has 4 aromatic heterocycles. The second-order valence-corrected chi connectivity index (χ2v) is 17.6. The molecule has 0 aliphatic rings. The summed E-state index contributed by atoms with van der Waals surface area (Å²) >= 11 is 0. The molecule has 4 heterocycles. The van der Waals surface area contributed by atoms with E-state index in [1.807, 2.05) is 42.5 Å². The molecule has 6 nitrogen and oxygen atoms in total. The van der Waals surface area contributed by atoms with E-state index in [1.165, 1.54) is 21.9 Å². The fraction of sp³-hybridized carbons (Fsp3) is 0. The molecule has 14 rings (SSSR count). The molecule has 322 valence electrons. The molecule has 0 unspecified atom stereocenters. The minimum atomic E-state index is 0.574.